The van der Waals surface area contributed by atoms with Crippen molar-refractivity contribution in [3.05, 3.63) is 382 Å². The van der Waals surface area contributed by atoms with Gasteiger partial charge in [-0.25, -0.2) is 29.9 Å². The molecule has 0 aliphatic rings. The summed E-state index contributed by atoms with van der Waals surface area (Å²) in [4.78, 5) is 70.6. The first-order valence-electron chi connectivity index (χ1n) is 33.5. The summed E-state index contributed by atoms with van der Waals surface area (Å²) in [5.74, 6) is 2.20. The molecule has 0 spiro atoms. The van der Waals surface area contributed by atoms with Gasteiger partial charge < -0.3 is 0 Å². The monoisotopic (exact) mass is 1360 g/mol. The Balaban J connectivity index is 0.000000138. The summed E-state index contributed by atoms with van der Waals surface area (Å²) in [5, 5.41) is 0. The number of aromatic nitrogens is 17. The van der Waals surface area contributed by atoms with Crippen LogP contribution in [0.1, 0.15) is 45.4 Å². The van der Waals surface area contributed by atoms with E-state index in [9.17, 15) is 0 Å². The third kappa shape index (κ3) is 25.6. The smallest absolute Gasteiger partial charge is 0.178 e. The van der Waals surface area contributed by atoms with Gasteiger partial charge in [-0.2, -0.15) is 0 Å². The molecule has 17 heteroatoms. The molecular formula is C87H79N17. The van der Waals surface area contributed by atoms with Gasteiger partial charge in [-0.1, -0.05) is 78.9 Å². The maximum atomic E-state index is 4.33. The summed E-state index contributed by atoms with van der Waals surface area (Å²) in [6.07, 6.45) is 34.1. The fraction of sp³-hybridized carbons (Fsp3) is 0.0920. The summed E-state index contributed by atoms with van der Waals surface area (Å²) >= 11 is 0. The minimum atomic E-state index is 0.681. The number of rotatable bonds is 8. The van der Waals surface area contributed by atoms with Crippen LogP contribution in [-0.4, -0.2) is 84.7 Å². The highest BCUT2D eigenvalue weighted by atomic mass is 14.9. The van der Waals surface area contributed by atoms with E-state index in [0.717, 1.165) is 96.3 Å². The van der Waals surface area contributed by atoms with Crippen LogP contribution >= 0.6 is 0 Å². The summed E-state index contributed by atoms with van der Waals surface area (Å²) < 4.78 is 0. The van der Waals surface area contributed by atoms with E-state index in [4.69, 9.17) is 0 Å². The second-order valence-corrected chi connectivity index (χ2v) is 23.2. The molecule has 14 aromatic heterocycles. The van der Waals surface area contributed by atoms with Crippen LogP contribution in [0.2, 0.25) is 0 Å². The standard InChI is InChI=1S/C12H11N.5C11H10N2.2C10H9N3/c1-10-9-12(7-8-13-10)11-5-3-2-4-6-11;1-9-8-11(4-7-13-9)10-2-5-12-6-3-10;1-9-6-11(8-13-7-9)10-2-4-12-5-3-10;1-9-7-10(4-6-13-9)11-3-2-5-12-8-11;1-9-8-10(5-7-12-9)11-4-2-3-6-13-11;1-9-7-8-12-11(13-9)10-5-3-2-4-6-10;1-8-4-6-12-10(13-8)9-3-2-5-11-7-9;1-8-5-7-12-10(13-8)9-4-2-3-6-11-9/h2-9H,1H3;5*2-8H,1H3;2*2-7H,1H3. The molecule has 0 aliphatic carbocycles. The molecule has 0 radical (unpaired) electrons. The topological polar surface area (TPSA) is 219 Å². The van der Waals surface area contributed by atoms with E-state index in [1.165, 1.54) is 33.4 Å². The summed E-state index contributed by atoms with van der Waals surface area (Å²) in [5.41, 5.74) is 22.6. The van der Waals surface area contributed by atoms with E-state index in [1.807, 2.05) is 275 Å². The zero-order chi connectivity index (χ0) is 72.8. The molecule has 0 N–H and O–H groups in total. The largest absolute Gasteiger partial charge is 0.265 e. The molecule has 0 bridgehead atoms. The molecule has 0 amide bonds. The van der Waals surface area contributed by atoms with E-state index in [2.05, 4.69) is 121 Å². The van der Waals surface area contributed by atoms with Crippen molar-refractivity contribution in [2.45, 2.75) is 55.4 Å². The van der Waals surface area contributed by atoms with Crippen molar-refractivity contribution in [2.75, 3.05) is 0 Å². The highest BCUT2D eigenvalue weighted by Gasteiger charge is 2.05. The average molecular weight is 1360 g/mol. The zero-order valence-corrected chi connectivity index (χ0v) is 59.4. The Labute approximate surface area is 608 Å². The van der Waals surface area contributed by atoms with E-state index in [-0.39, 0.29) is 0 Å². The number of benzene rings is 2. The van der Waals surface area contributed by atoms with Gasteiger partial charge in [0, 0.05) is 185 Å². The van der Waals surface area contributed by atoms with Crippen molar-refractivity contribution in [2.24, 2.45) is 0 Å². The first kappa shape index (κ1) is 74.6. The Morgan fingerprint density at radius 2 is 0.529 bits per heavy atom. The number of hydrogen-bond acceptors (Lipinski definition) is 17. The summed E-state index contributed by atoms with van der Waals surface area (Å²) in [7, 11) is 0. The molecule has 16 rings (SSSR count). The number of nitrogens with zero attached hydrogens (tertiary/aromatic N) is 17. The molecule has 16 aromatic rings. The molecule has 0 unspecified atom stereocenters. The molecule has 0 atom stereocenters. The highest BCUT2D eigenvalue weighted by Crippen LogP contribution is 2.23. The Hall–Kier alpha value is -13.7. The van der Waals surface area contributed by atoms with Crippen LogP contribution in [0.4, 0.5) is 0 Å². The fourth-order valence-corrected chi connectivity index (χ4v) is 9.71. The lowest BCUT2D eigenvalue weighted by molar-refractivity contribution is 1.09. The molecule has 0 aliphatic heterocycles. The predicted octanol–water partition coefficient (Wildman–Crippen LogP) is 19.0. The second kappa shape index (κ2) is 41.0. The predicted molar refractivity (Wildman–Crippen MR) is 415 cm³/mol. The van der Waals surface area contributed by atoms with Crippen molar-refractivity contribution in [3.8, 4) is 90.1 Å². The lowest BCUT2D eigenvalue weighted by Gasteiger charge is -2.00. The highest BCUT2D eigenvalue weighted by molar-refractivity contribution is 5.66. The van der Waals surface area contributed by atoms with Gasteiger partial charge in [0.25, 0.3) is 0 Å². The van der Waals surface area contributed by atoms with Gasteiger partial charge in [-0.05, 0) is 234 Å². The first-order chi connectivity index (χ1) is 50.9. The fourth-order valence-electron chi connectivity index (χ4n) is 9.71. The Morgan fingerprint density at radius 1 is 0.173 bits per heavy atom. The lowest BCUT2D eigenvalue weighted by Crippen LogP contribution is -1.91. The van der Waals surface area contributed by atoms with Gasteiger partial charge >= 0.3 is 0 Å². The molecule has 0 saturated heterocycles. The van der Waals surface area contributed by atoms with Crippen LogP contribution in [0.5, 0.6) is 0 Å². The molecular weight excluding hydrogens is 1280 g/mol. The average Bonchev–Trinajstić information content (AvgIpc) is 0.964. The van der Waals surface area contributed by atoms with Gasteiger partial charge in [-0.3, -0.25) is 54.8 Å². The van der Waals surface area contributed by atoms with Crippen LogP contribution in [0, 0.1) is 55.4 Å². The first-order valence-corrected chi connectivity index (χ1v) is 33.5. The normalized spacial score (nSPS) is 9.92. The molecule has 14 heterocycles. The van der Waals surface area contributed by atoms with Crippen LogP contribution in [-0.2, 0) is 0 Å². The van der Waals surface area contributed by atoms with Crippen molar-refractivity contribution >= 4 is 0 Å². The van der Waals surface area contributed by atoms with Crippen LogP contribution in [0.15, 0.2) is 336 Å². The van der Waals surface area contributed by atoms with E-state index >= 15 is 0 Å². The minimum Gasteiger partial charge on any atom is -0.265 e. The number of aryl methyl sites for hydroxylation is 8. The van der Waals surface area contributed by atoms with Gasteiger partial charge in [0.15, 0.2) is 17.5 Å². The molecule has 17 nitrogen and oxygen atoms in total. The Bertz CT molecular complexity index is 4140. The van der Waals surface area contributed by atoms with E-state index in [1.54, 1.807) is 80.6 Å². The third-order valence-corrected chi connectivity index (χ3v) is 14.8. The second-order valence-electron chi connectivity index (χ2n) is 23.2. The van der Waals surface area contributed by atoms with Crippen molar-refractivity contribution in [1.82, 2.24) is 84.7 Å². The van der Waals surface area contributed by atoms with Gasteiger partial charge in [0.1, 0.15) is 5.69 Å². The summed E-state index contributed by atoms with van der Waals surface area (Å²) in [6, 6.07) is 71.6. The number of hydrogen-bond donors (Lipinski definition) is 0. The van der Waals surface area contributed by atoms with Gasteiger partial charge in [0.2, 0.25) is 0 Å². The maximum absolute atomic E-state index is 4.33. The van der Waals surface area contributed by atoms with Crippen LogP contribution < -0.4 is 0 Å². The Kier molecular flexibility index (Phi) is 29.4. The van der Waals surface area contributed by atoms with Crippen LogP contribution in [0.25, 0.3) is 90.1 Å². The van der Waals surface area contributed by atoms with Gasteiger partial charge in [0.05, 0.1) is 5.69 Å². The molecule has 104 heavy (non-hydrogen) atoms. The molecule has 0 fully saturated rings. The molecule has 2 aromatic carbocycles. The third-order valence-electron chi connectivity index (χ3n) is 14.8. The van der Waals surface area contributed by atoms with E-state index < -0.39 is 0 Å². The van der Waals surface area contributed by atoms with Crippen LogP contribution in [0.3, 0.4) is 0 Å². The number of pyridine rings is 11. The lowest BCUT2D eigenvalue weighted by atomic mass is 10.1. The van der Waals surface area contributed by atoms with Crippen molar-refractivity contribution in [3.63, 3.8) is 0 Å². The van der Waals surface area contributed by atoms with Crippen molar-refractivity contribution in [1.29, 1.82) is 0 Å². The molecule has 512 valence electrons. The minimum absolute atomic E-state index is 0.681. The zero-order valence-electron chi connectivity index (χ0n) is 59.4. The SMILES string of the molecule is Cc1cc(-c2ccccc2)ccn1.Cc1cc(-c2ccccn2)ccn1.Cc1cc(-c2cccnc2)ccn1.Cc1cc(-c2ccncc2)ccn1.Cc1ccnc(-c2ccccc2)n1.Cc1ccnc(-c2ccccn2)n1.Cc1ccnc(-c2cccnc2)n1.Cc1cncc(-c2ccncc2)c1. The summed E-state index contributed by atoms with van der Waals surface area (Å²) in [6.45, 7) is 15.9. The van der Waals surface area contributed by atoms with Gasteiger partial charge in [-0.15, -0.1) is 0 Å². The van der Waals surface area contributed by atoms with E-state index in [0.29, 0.717) is 5.82 Å². The quantitative estimate of drug-likeness (QED) is 0.138. The molecule has 0 saturated carbocycles. The Morgan fingerprint density at radius 3 is 0.971 bits per heavy atom. The maximum Gasteiger partial charge on any atom is 0.178 e. The van der Waals surface area contributed by atoms with Crippen molar-refractivity contribution < 1.29 is 0 Å².